The number of fused-ring (bicyclic) bond motifs is 1. The highest BCUT2D eigenvalue weighted by Gasteiger charge is 2.19. The minimum Gasteiger partial charge on any atom is -0.495 e. The first-order valence-corrected chi connectivity index (χ1v) is 6.54. The highest BCUT2D eigenvalue weighted by Crippen LogP contribution is 2.38. The maximum atomic E-state index is 5.40. The number of benzene rings is 1. The van der Waals surface area contributed by atoms with Gasteiger partial charge in [0, 0.05) is 11.6 Å². The zero-order chi connectivity index (χ0) is 11.7. The van der Waals surface area contributed by atoms with Crippen LogP contribution >= 0.6 is 0 Å². The maximum Gasteiger partial charge on any atom is 0.142 e. The van der Waals surface area contributed by atoms with Crippen LogP contribution in [0.5, 0.6) is 5.75 Å². The van der Waals surface area contributed by atoms with Gasteiger partial charge in [0.25, 0.3) is 0 Å². The van der Waals surface area contributed by atoms with Crippen molar-refractivity contribution in [2.24, 2.45) is 0 Å². The molecule has 17 heavy (non-hydrogen) atoms. The van der Waals surface area contributed by atoms with Gasteiger partial charge in [0.05, 0.1) is 12.6 Å². The quantitative estimate of drug-likeness (QED) is 0.819. The van der Waals surface area contributed by atoms with Crippen LogP contribution < -0.4 is 4.74 Å². The molecule has 0 atom stereocenters. The van der Waals surface area contributed by atoms with Gasteiger partial charge < -0.3 is 9.72 Å². The van der Waals surface area contributed by atoms with Crippen molar-refractivity contribution in [2.75, 3.05) is 7.11 Å². The first-order chi connectivity index (χ1) is 8.40. The SMILES string of the molecule is COc1cccc2c(C3CCCCC3)c[nH]c12. The number of hydrogen-bond donors (Lipinski definition) is 1. The molecule has 0 spiro atoms. The Labute approximate surface area is 102 Å². The summed E-state index contributed by atoms with van der Waals surface area (Å²) in [6.07, 6.45) is 9.02. The van der Waals surface area contributed by atoms with E-state index in [-0.39, 0.29) is 0 Å². The first kappa shape index (κ1) is 10.7. The van der Waals surface area contributed by atoms with E-state index in [9.17, 15) is 0 Å². The number of hydrogen-bond acceptors (Lipinski definition) is 1. The summed E-state index contributed by atoms with van der Waals surface area (Å²) >= 11 is 0. The second-order valence-corrected chi connectivity index (χ2v) is 4.96. The largest absolute Gasteiger partial charge is 0.495 e. The summed E-state index contributed by atoms with van der Waals surface area (Å²) in [7, 11) is 1.73. The average Bonchev–Trinajstić information content (AvgIpc) is 2.83. The fourth-order valence-corrected chi connectivity index (χ4v) is 3.07. The predicted molar refractivity (Wildman–Crippen MR) is 70.7 cm³/mol. The molecule has 1 aromatic heterocycles. The normalized spacial score (nSPS) is 17.5. The van der Waals surface area contributed by atoms with E-state index in [4.69, 9.17) is 4.74 Å². The standard InChI is InChI=1S/C15H19NO/c1-17-14-9-5-8-12-13(10-16-15(12)14)11-6-3-2-4-7-11/h5,8-11,16H,2-4,6-7H2,1H3. The molecular weight excluding hydrogens is 210 g/mol. The molecule has 1 aliphatic rings. The van der Waals surface area contributed by atoms with Crippen molar-refractivity contribution in [3.63, 3.8) is 0 Å². The number of aromatic amines is 1. The molecule has 1 aliphatic carbocycles. The van der Waals surface area contributed by atoms with Crippen molar-refractivity contribution >= 4 is 10.9 Å². The number of H-pyrrole nitrogens is 1. The van der Waals surface area contributed by atoms with Crippen LogP contribution in [0.3, 0.4) is 0 Å². The number of methoxy groups -OCH3 is 1. The molecule has 0 aliphatic heterocycles. The molecule has 1 saturated carbocycles. The van der Waals surface area contributed by atoms with E-state index < -0.39 is 0 Å². The van der Waals surface area contributed by atoms with Gasteiger partial charge in [-0.25, -0.2) is 0 Å². The van der Waals surface area contributed by atoms with E-state index >= 15 is 0 Å². The average molecular weight is 229 g/mol. The molecule has 1 N–H and O–H groups in total. The molecule has 0 bridgehead atoms. The summed E-state index contributed by atoms with van der Waals surface area (Å²) in [5, 5.41) is 1.34. The number of para-hydroxylation sites is 1. The lowest BCUT2D eigenvalue weighted by atomic mass is 9.84. The number of nitrogens with one attached hydrogen (secondary N) is 1. The summed E-state index contributed by atoms with van der Waals surface area (Å²) in [6, 6.07) is 6.31. The Bertz CT molecular complexity index is 509. The monoisotopic (exact) mass is 229 g/mol. The molecule has 0 radical (unpaired) electrons. The zero-order valence-corrected chi connectivity index (χ0v) is 10.3. The van der Waals surface area contributed by atoms with Crippen molar-refractivity contribution in [2.45, 2.75) is 38.0 Å². The molecule has 0 unspecified atom stereocenters. The summed E-state index contributed by atoms with van der Waals surface area (Å²) in [6.45, 7) is 0. The first-order valence-electron chi connectivity index (χ1n) is 6.54. The Morgan fingerprint density at radius 1 is 1.18 bits per heavy atom. The van der Waals surface area contributed by atoms with Crippen LogP contribution in [0.1, 0.15) is 43.6 Å². The second kappa shape index (κ2) is 4.44. The highest BCUT2D eigenvalue weighted by atomic mass is 16.5. The van der Waals surface area contributed by atoms with Gasteiger partial charge in [-0.15, -0.1) is 0 Å². The number of rotatable bonds is 2. The molecule has 2 nitrogen and oxygen atoms in total. The maximum absolute atomic E-state index is 5.40. The summed E-state index contributed by atoms with van der Waals surface area (Å²) in [4.78, 5) is 3.38. The number of aromatic nitrogens is 1. The lowest BCUT2D eigenvalue weighted by Gasteiger charge is -2.21. The van der Waals surface area contributed by atoms with Gasteiger partial charge in [0.2, 0.25) is 0 Å². The third kappa shape index (κ3) is 1.82. The van der Waals surface area contributed by atoms with Crippen molar-refractivity contribution in [1.29, 1.82) is 0 Å². The third-order valence-corrected chi connectivity index (χ3v) is 3.97. The van der Waals surface area contributed by atoms with Crippen molar-refractivity contribution < 1.29 is 4.74 Å². The van der Waals surface area contributed by atoms with Crippen LogP contribution in [-0.2, 0) is 0 Å². The smallest absolute Gasteiger partial charge is 0.142 e. The summed E-state index contributed by atoms with van der Waals surface area (Å²) in [5.41, 5.74) is 2.63. The lowest BCUT2D eigenvalue weighted by molar-refractivity contribution is 0.419. The molecule has 1 aromatic carbocycles. The molecule has 1 heterocycles. The Balaban J connectivity index is 2.05. The van der Waals surface area contributed by atoms with Gasteiger partial charge in [-0.2, -0.15) is 0 Å². The van der Waals surface area contributed by atoms with Gasteiger partial charge >= 0.3 is 0 Å². The molecule has 0 amide bonds. The molecule has 0 saturated heterocycles. The van der Waals surface area contributed by atoms with Crippen LogP contribution in [0.25, 0.3) is 10.9 Å². The van der Waals surface area contributed by atoms with E-state index in [0.29, 0.717) is 0 Å². The van der Waals surface area contributed by atoms with Gasteiger partial charge in [0.15, 0.2) is 0 Å². The Morgan fingerprint density at radius 2 is 2.00 bits per heavy atom. The van der Waals surface area contributed by atoms with E-state index in [1.807, 2.05) is 6.07 Å². The van der Waals surface area contributed by atoms with E-state index in [1.165, 1.54) is 43.1 Å². The third-order valence-electron chi connectivity index (χ3n) is 3.97. The van der Waals surface area contributed by atoms with E-state index in [0.717, 1.165) is 17.2 Å². The molecule has 90 valence electrons. The fourth-order valence-electron chi connectivity index (χ4n) is 3.07. The molecule has 3 rings (SSSR count). The van der Waals surface area contributed by atoms with Crippen LogP contribution in [0, 0.1) is 0 Å². The Kier molecular flexibility index (Phi) is 2.79. The van der Waals surface area contributed by atoms with Crippen LogP contribution in [0.15, 0.2) is 24.4 Å². The lowest BCUT2D eigenvalue weighted by Crippen LogP contribution is -2.03. The van der Waals surface area contributed by atoms with E-state index in [2.05, 4.69) is 23.3 Å². The van der Waals surface area contributed by atoms with Crippen LogP contribution in [0.4, 0.5) is 0 Å². The van der Waals surface area contributed by atoms with Crippen molar-refractivity contribution in [3.8, 4) is 5.75 Å². The van der Waals surface area contributed by atoms with Gasteiger partial charge in [-0.05, 0) is 30.4 Å². The van der Waals surface area contributed by atoms with E-state index in [1.54, 1.807) is 7.11 Å². The zero-order valence-electron chi connectivity index (χ0n) is 10.3. The summed E-state index contributed by atoms with van der Waals surface area (Å²) in [5.74, 6) is 1.69. The number of ether oxygens (including phenoxy) is 1. The topological polar surface area (TPSA) is 25.0 Å². The van der Waals surface area contributed by atoms with Crippen LogP contribution in [0.2, 0.25) is 0 Å². The van der Waals surface area contributed by atoms with Gasteiger partial charge in [-0.1, -0.05) is 31.4 Å². The van der Waals surface area contributed by atoms with Gasteiger partial charge in [0.1, 0.15) is 5.75 Å². The Morgan fingerprint density at radius 3 is 2.76 bits per heavy atom. The Hall–Kier alpha value is -1.44. The predicted octanol–water partition coefficient (Wildman–Crippen LogP) is 4.22. The molecule has 2 heteroatoms. The van der Waals surface area contributed by atoms with Gasteiger partial charge in [-0.3, -0.25) is 0 Å². The van der Waals surface area contributed by atoms with Crippen molar-refractivity contribution in [3.05, 3.63) is 30.0 Å². The minimum absolute atomic E-state index is 0.740. The van der Waals surface area contributed by atoms with Crippen molar-refractivity contribution in [1.82, 2.24) is 4.98 Å². The summed E-state index contributed by atoms with van der Waals surface area (Å²) < 4.78 is 5.40. The second-order valence-electron chi connectivity index (χ2n) is 4.96. The fraction of sp³-hybridized carbons (Fsp3) is 0.467. The molecular formula is C15H19NO. The molecule has 1 fully saturated rings. The minimum atomic E-state index is 0.740. The highest BCUT2D eigenvalue weighted by molar-refractivity contribution is 5.88. The van der Waals surface area contributed by atoms with Crippen LogP contribution in [-0.4, -0.2) is 12.1 Å². The molecule has 2 aromatic rings.